The highest BCUT2D eigenvalue weighted by atomic mass is 16.1. The monoisotopic (exact) mass is 266 g/mol. The van der Waals surface area contributed by atoms with E-state index in [1.807, 2.05) is 0 Å². The number of hydrogen-bond donors (Lipinski definition) is 0. The Balaban J connectivity index is 1.77. The topological polar surface area (TPSA) is 17.1 Å². The van der Waals surface area contributed by atoms with Gasteiger partial charge in [-0.15, -0.1) is 0 Å². The Morgan fingerprint density at radius 1 is 1.30 bits per heavy atom. The van der Waals surface area contributed by atoms with Gasteiger partial charge in [0.25, 0.3) is 0 Å². The van der Waals surface area contributed by atoms with Crippen LogP contribution < -0.4 is 0 Å². The highest BCUT2D eigenvalue weighted by Crippen LogP contribution is 2.57. The van der Waals surface area contributed by atoms with Crippen LogP contribution in [0.1, 0.15) is 54.1 Å². The molecule has 3 unspecified atom stereocenters. The fourth-order valence-electron chi connectivity index (χ4n) is 4.88. The zero-order valence-corrected chi connectivity index (χ0v) is 12.2. The van der Waals surface area contributed by atoms with E-state index in [1.54, 1.807) is 0 Å². The van der Waals surface area contributed by atoms with Crippen LogP contribution in [0.5, 0.6) is 0 Å². The summed E-state index contributed by atoms with van der Waals surface area (Å²) in [6.07, 6.45) is 11.4. The van der Waals surface area contributed by atoms with Gasteiger partial charge in [-0.2, -0.15) is 0 Å². The van der Waals surface area contributed by atoms with Crippen LogP contribution in [0.25, 0.3) is 0 Å². The van der Waals surface area contributed by atoms with Crippen molar-refractivity contribution >= 4 is 5.78 Å². The number of hydrogen-bond acceptors (Lipinski definition) is 1. The van der Waals surface area contributed by atoms with Gasteiger partial charge in [-0.05, 0) is 55.1 Å². The first-order valence-corrected chi connectivity index (χ1v) is 8.08. The minimum Gasteiger partial charge on any atom is -0.294 e. The van der Waals surface area contributed by atoms with Crippen molar-refractivity contribution < 1.29 is 4.79 Å². The summed E-state index contributed by atoms with van der Waals surface area (Å²) in [6, 6.07) is 6.38. The Morgan fingerprint density at radius 3 is 2.90 bits per heavy atom. The van der Waals surface area contributed by atoms with Crippen molar-refractivity contribution in [3.8, 4) is 0 Å². The van der Waals surface area contributed by atoms with Crippen molar-refractivity contribution in [1.82, 2.24) is 0 Å². The predicted molar refractivity (Wildman–Crippen MR) is 80.9 cm³/mol. The number of carbonyl (C=O) groups is 1. The lowest BCUT2D eigenvalue weighted by molar-refractivity contribution is 0.0702. The van der Waals surface area contributed by atoms with Crippen molar-refractivity contribution in [3.05, 3.63) is 47.0 Å². The van der Waals surface area contributed by atoms with Gasteiger partial charge in [-0.1, -0.05) is 43.7 Å². The summed E-state index contributed by atoms with van der Waals surface area (Å²) in [6.45, 7) is 2.21. The SMILES string of the molecule is CCCc1cccc2c1CCC1(CC3C=CC1C3)C2=O. The molecule has 0 aromatic heterocycles. The highest BCUT2D eigenvalue weighted by Gasteiger charge is 2.54. The van der Waals surface area contributed by atoms with E-state index in [-0.39, 0.29) is 5.41 Å². The number of benzene rings is 1. The molecule has 3 aliphatic rings. The summed E-state index contributed by atoms with van der Waals surface area (Å²) in [4.78, 5) is 13.2. The lowest BCUT2D eigenvalue weighted by Gasteiger charge is -2.39. The summed E-state index contributed by atoms with van der Waals surface area (Å²) in [5.41, 5.74) is 3.77. The van der Waals surface area contributed by atoms with Gasteiger partial charge in [0.05, 0.1) is 0 Å². The molecule has 2 bridgehead atoms. The van der Waals surface area contributed by atoms with Crippen molar-refractivity contribution in [3.63, 3.8) is 0 Å². The molecule has 4 rings (SSSR count). The van der Waals surface area contributed by atoms with Gasteiger partial charge in [0.2, 0.25) is 0 Å². The van der Waals surface area contributed by atoms with E-state index in [0.29, 0.717) is 17.6 Å². The van der Waals surface area contributed by atoms with Crippen LogP contribution in [0.15, 0.2) is 30.4 Å². The van der Waals surface area contributed by atoms with Gasteiger partial charge in [0, 0.05) is 11.0 Å². The normalized spacial score (nSPS) is 34.0. The lowest BCUT2D eigenvalue weighted by Crippen LogP contribution is -2.39. The van der Waals surface area contributed by atoms with Crippen molar-refractivity contribution in [2.24, 2.45) is 17.3 Å². The van der Waals surface area contributed by atoms with Crippen LogP contribution in [0.4, 0.5) is 0 Å². The standard InChI is InChI=1S/C19H22O/c1-2-4-14-5-3-6-17-16(14)9-10-19(18(17)20)12-13-7-8-15(19)11-13/h3,5-8,13,15H,2,4,9-12H2,1H3. The smallest absolute Gasteiger partial charge is 0.169 e. The minimum atomic E-state index is -0.0444. The zero-order chi connectivity index (χ0) is 13.7. The Bertz CT molecular complexity index is 598. The lowest BCUT2D eigenvalue weighted by atomic mass is 9.63. The van der Waals surface area contributed by atoms with E-state index in [0.717, 1.165) is 37.7 Å². The second-order valence-corrected chi connectivity index (χ2v) is 6.87. The Kier molecular flexibility index (Phi) is 2.67. The van der Waals surface area contributed by atoms with E-state index in [9.17, 15) is 4.79 Å². The molecule has 1 saturated carbocycles. The van der Waals surface area contributed by atoms with Crippen LogP contribution >= 0.6 is 0 Å². The molecule has 3 aliphatic carbocycles. The molecule has 1 aromatic carbocycles. The predicted octanol–water partition coefficient (Wildman–Crippen LogP) is 4.35. The molecule has 1 fully saturated rings. The number of aryl methyl sites for hydroxylation is 1. The van der Waals surface area contributed by atoms with Crippen LogP contribution in [0.3, 0.4) is 0 Å². The first-order chi connectivity index (χ1) is 9.74. The van der Waals surface area contributed by atoms with E-state index in [1.165, 1.54) is 17.5 Å². The molecule has 0 amide bonds. The summed E-state index contributed by atoms with van der Waals surface area (Å²) in [7, 11) is 0. The maximum absolute atomic E-state index is 13.2. The van der Waals surface area contributed by atoms with Gasteiger partial charge >= 0.3 is 0 Å². The number of carbonyl (C=O) groups excluding carboxylic acids is 1. The highest BCUT2D eigenvalue weighted by molar-refractivity contribution is 6.03. The molecule has 3 atom stereocenters. The maximum Gasteiger partial charge on any atom is 0.169 e. The van der Waals surface area contributed by atoms with Gasteiger partial charge < -0.3 is 0 Å². The number of fused-ring (bicyclic) bond motifs is 4. The molecule has 1 nitrogen and oxygen atoms in total. The summed E-state index contributed by atoms with van der Waals surface area (Å²) in [5, 5.41) is 0. The molecule has 20 heavy (non-hydrogen) atoms. The summed E-state index contributed by atoms with van der Waals surface area (Å²) < 4.78 is 0. The first kappa shape index (κ1) is 12.4. The van der Waals surface area contributed by atoms with Crippen LogP contribution in [0, 0.1) is 17.3 Å². The minimum absolute atomic E-state index is 0.0444. The molecule has 0 N–H and O–H groups in total. The summed E-state index contributed by atoms with van der Waals surface area (Å²) >= 11 is 0. The zero-order valence-electron chi connectivity index (χ0n) is 12.2. The van der Waals surface area contributed by atoms with Gasteiger partial charge in [0.15, 0.2) is 5.78 Å². The molecular formula is C19H22O. The Hall–Kier alpha value is -1.37. The second-order valence-electron chi connectivity index (χ2n) is 6.87. The fraction of sp³-hybridized carbons (Fsp3) is 0.526. The second kappa shape index (κ2) is 4.31. The number of Topliss-reactive ketones (excluding diaryl/α,β-unsaturated/α-hetero) is 1. The molecule has 0 heterocycles. The van der Waals surface area contributed by atoms with Gasteiger partial charge in [0.1, 0.15) is 0 Å². The van der Waals surface area contributed by atoms with E-state index in [2.05, 4.69) is 37.3 Å². The molecular weight excluding hydrogens is 244 g/mol. The molecule has 0 aliphatic heterocycles. The molecule has 1 heteroatoms. The Morgan fingerprint density at radius 2 is 2.20 bits per heavy atom. The average Bonchev–Trinajstić information content (AvgIpc) is 3.05. The number of ketones is 1. The van der Waals surface area contributed by atoms with Gasteiger partial charge in [-0.25, -0.2) is 0 Å². The Labute approximate surface area is 121 Å². The quantitative estimate of drug-likeness (QED) is 0.727. The van der Waals surface area contributed by atoms with E-state index in [4.69, 9.17) is 0 Å². The third-order valence-corrected chi connectivity index (χ3v) is 5.82. The van der Waals surface area contributed by atoms with Crippen LogP contribution in [-0.2, 0) is 12.8 Å². The van der Waals surface area contributed by atoms with Crippen molar-refractivity contribution in [1.29, 1.82) is 0 Å². The maximum atomic E-state index is 13.2. The van der Waals surface area contributed by atoms with Gasteiger partial charge in [-0.3, -0.25) is 4.79 Å². The van der Waals surface area contributed by atoms with E-state index < -0.39 is 0 Å². The molecule has 1 spiro atoms. The van der Waals surface area contributed by atoms with E-state index >= 15 is 0 Å². The fourth-order valence-corrected chi connectivity index (χ4v) is 4.88. The summed E-state index contributed by atoms with van der Waals surface area (Å²) in [5.74, 6) is 1.64. The van der Waals surface area contributed by atoms with Crippen LogP contribution in [0.2, 0.25) is 0 Å². The number of allylic oxidation sites excluding steroid dienone is 2. The largest absolute Gasteiger partial charge is 0.294 e. The average molecular weight is 266 g/mol. The van der Waals surface area contributed by atoms with Crippen LogP contribution in [-0.4, -0.2) is 5.78 Å². The third kappa shape index (κ3) is 1.52. The van der Waals surface area contributed by atoms with Crippen molar-refractivity contribution in [2.45, 2.75) is 45.4 Å². The first-order valence-electron chi connectivity index (χ1n) is 8.08. The third-order valence-electron chi connectivity index (χ3n) is 5.82. The molecule has 0 saturated heterocycles. The molecule has 1 aromatic rings. The van der Waals surface area contributed by atoms with Crippen molar-refractivity contribution in [2.75, 3.05) is 0 Å². The number of rotatable bonds is 2. The molecule has 0 radical (unpaired) electrons. The molecule has 104 valence electrons.